The first-order valence-electron chi connectivity index (χ1n) is 11.4. The number of anilines is 1. The molecule has 4 fully saturated rings. The minimum atomic E-state index is -0.616. The van der Waals surface area contributed by atoms with E-state index < -0.39 is 18.5 Å². The average molecular weight is 470 g/mol. The SMILES string of the molecule is O=C(COC(=O)c1ccccc1SCC(=O)NC12CC3CC(CC(C3)C1)C2)Nc1ccon1. The second kappa shape index (κ2) is 9.21. The summed E-state index contributed by atoms with van der Waals surface area (Å²) in [7, 11) is 0. The smallest absolute Gasteiger partial charge is 0.339 e. The molecule has 33 heavy (non-hydrogen) atoms. The molecule has 4 aliphatic carbocycles. The number of nitrogens with one attached hydrogen (secondary N) is 2. The standard InChI is InChI=1S/C24H27N3O5S/c28-21(25-20-5-6-32-27-20)13-31-23(30)18-3-1-2-4-19(18)33-14-22(29)26-24-10-15-7-16(11-24)9-17(8-15)12-24/h1-6,15-17H,7-14H2,(H,26,29)(H,25,27,28). The van der Waals surface area contributed by atoms with E-state index in [0.29, 0.717) is 10.5 Å². The molecule has 0 aliphatic heterocycles. The van der Waals surface area contributed by atoms with Crippen molar-refractivity contribution in [1.82, 2.24) is 10.5 Å². The highest BCUT2D eigenvalue weighted by Gasteiger charge is 2.51. The number of carbonyl (C=O) groups excluding carboxylic acids is 3. The summed E-state index contributed by atoms with van der Waals surface area (Å²) in [5.41, 5.74) is 0.307. The predicted molar refractivity (Wildman–Crippen MR) is 122 cm³/mol. The fourth-order valence-electron chi connectivity index (χ4n) is 6.16. The summed E-state index contributed by atoms with van der Waals surface area (Å²) in [6.07, 6.45) is 8.63. The van der Waals surface area contributed by atoms with Crippen molar-refractivity contribution in [2.24, 2.45) is 17.8 Å². The molecule has 8 nitrogen and oxygen atoms in total. The molecule has 0 spiro atoms. The van der Waals surface area contributed by atoms with Crippen molar-refractivity contribution in [3.63, 3.8) is 0 Å². The fraction of sp³-hybridized carbons (Fsp3) is 0.500. The maximum Gasteiger partial charge on any atom is 0.339 e. The van der Waals surface area contributed by atoms with Gasteiger partial charge in [-0.1, -0.05) is 17.3 Å². The molecule has 4 bridgehead atoms. The van der Waals surface area contributed by atoms with Crippen LogP contribution in [0.2, 0.25) is 0 Å². The summed E-state index contributed by atoms with van der Waals surface area (Å²) in [6, 6.07) is 8.45. The number of thioether (sulfide) groups is 1. The summed E-state index contributed by atoms with van der Waals surface area (Å²) in [5.74, 6) is 1.66. The van der Waals surface area contributed by atoms with E-state index in [1.165, 1.54) is 43.4 Å². The number of ether oxygens (including phenoxy) is 1. The molecule has 0 radical (unpaired) electrons. The molecule has 174 valence electrons. The lowest BCUT2D eigenvalue weighted by Crippen LogP contribution is -2.60. The van der Waals surface area contributed by atoms with Gasteiger partial charge in [-0.2, -0.15) is 0 Å². The third kappa shape index (κ3) is 5.08. The number of benzene rings is 1. The van der Waals surface area contributed by atoms with Crippen molar-refractivity contribution in [3.05, 3.63) is 42.2 Å². The van der Waals surface area contributed by atoms with Gasteiger partial charge in [0.25, 0.3) is 5.91 Å². The minimum Gasteiger partial charge on any atom is -0.452 e. The Balaban J connectivity index is 1.14. The van der Waals surface area contributed by atoms with E-state index in [0.717, 1.165) is 37.0 Å². The monoisotopic (exact) mass is 469 g/mol. The Morgan fingerprint density at radius 3 is 2.39 bits per heavy atom. The van der Waals surface area contributed by atoms with Gasteiger partial charge in [0.15, 0.2) is 12.4 Å². The Labute approximate surface area is 196 Å². The fourth-order valence-corrected chi connectivity index (χ4v) is 7.01. The molecular formula is C24H27N3O5S. The molecule has 2 aromatic rings. The molecule has 2 amide bonds. The lowest BCUT2D eigenvalue weighted by molar-refractivity contribution is -0.124. The van der Waals surface area contributed by atoms with Crippen LogP contribution in [0.1, 0.15) is 48.9 Å². The zero-order chi connectivity index (χ0) is 22.8. The lowest BCUT2D eigenvalue weighted by Gasteiger charge is -2.56. The van der Waals surface area contributed by atoms with Crippen molar-refractivity contribution < 1.29 is 23.6 Å². The molecule has 4 aliphatic rings. The van der Waals surface area contributed by atoms with Crippen LogP contribution >= 0.6 is 11.8 Å². The second-order valence-corrected chi connectivity index (χ2v) is 10.6. The number of aromatic nitrogens is 1. The lowest BCUT2D eigenvalue weighted by atomic mass is 9.53. The molecule has 2 N–H and O–H groups in total. The van der Waals surface area contributed by atoms with Gasteiger partial charge < -0.3 is 19.9 Å². The van der Waals surface area contributed by atoms with Crippen LogP contribution in [-0.4, -0.2) is 40.8 Å². The van der Waals surface area contributed by atoms with Gasteiger partial charge in [0, 0.05) is 16.5 Å². The maximum atomic E-state index is 12.8. The van der Waals surface area contributed by atoms with E-state index in [2.05, 4.69) is 20.3 Å². The van der Waals surface area contributed by atoms with Crippen LogP contribution in [0, 0.1) is 17.8 Å². The van der Waals surface area contributed by atoms with E-state index in [-0.39, 0.29) is 23.0 Å². The first-order valence-corrected chi connectivity index (χ1v) is 12.4. The van der Waals surface area contributed by atoms with Crippen LogP contribution in [-0.2, 0) is 14.3 Å². The first kappa shape index (κ1) is 22.0. The van der Waals surface area contributed by atoms with Crippen molar-refractivity contribution in [2.45, 2.75) is 49.0 Å². The number of hydrogen-bond donors (Lipinski definition) is 2. The van der Waals surface area contributed by atoms with E-state index in [1.54, 1.807) is 18.2 Å². The van der Waals surface area contributed by atoms with Crippen LogP contribution in [0.4, 0.5) is 5.82 Å². The van der Waals surface area contributed by atoms with Gasteiger partial charge >= 0.3 is 5.97 Å². The molecule has 6 rings (SSSR count). The maximum absolute atomic E-state index is 12.8. The zero-order valence-electron chi connectivity index (χ0n) is 18.2. The minimum absolute atomic E-state index is 0.0112. The van der Waals surface area contributed by atoms with Crippen LogP contribution in [0.3, 0.4) is 0 Å². The van der Waals surface area contributed by atoms with Gasteiger partial charge in [0.2, 0.25) is 5.91 Å². The second-order valence-electron chi connectivity index (χ2n) is 9.54. The van der Waals surface area contributed by atoms with Crippen LogP contribution in [0.15, 0.2) is 46.0 Å². The first-order chi connectivity index (χ1) is 16.0. The van der Waals surface area contributed by atoms with Crippen LogP contribution < -0.4 is 10.6 Å². The van der Waals surface area contributed by atoms with Gasteiger partial charge in [-0.25, -0.2) is 4.79 Å². The Bertz CT molecular complexity index is 1000. The number of nitrogens with zero attached hydrogens (tertiary/aromatic N) is 1. The molecule has 0 saturated heterocycles. The topological polar surface area (TPSA) is 111 Å². The third-order valence-corrected chi connectivity index (χ3v) is 8.02. The molecule has 1 aromatic carbocycles. The zero-order valence-corrected chi connectivity index (χ0v) is 19.1. The van der Waals surface area contributed by atoms with E-state index in [1.807, 2.05) is 6.07 Å². The van der Waals surface area contributed by atoms with Crippen molar-refractivity contribution in [1.29, 1.82) is 0 Å². The van der Waals surface area contributed by atoms with E-state index in [4.69, 9.17) is 4.74 Å². The summed E-state index contributed by atoms with van der Waals surface area (Å²) in [5, 5.41) is 9.40. The van der Waals surface area contributed by atoms with Crippen LogP contribution in [0.5, 0.6) is 0 Å². The highest BCUT2D eigenvalue weighted by molar-refractivity contribution is 8.00. The largest absolute Gasteiger partial charge is 0.452 e. The molecule has 4 saturated carbocycles. The Morgan fingerprint density at radius 1 is 1.03 bits per heavy atom. The molecule has 1 aromatic heterocycles. The van der Waals surface area contributed by atoms with Crippen molar-refractivity contribution >= 4 is 35.4 Å². The summed E-state index contributed by atoms with van der Waals surface area (Å²) >= 11 is 1.31. The Hall–Kier alpha value is -2.81. The molecule has 0 atom stereocenters. The number of carbonyl (C=O) groups is 3. The number of amides is 2. The Kier molecular flexibility index (Phi) is 6.14. The molecule has 0 unspecified atom stereocenters. The molecular weight excluding hydrogens is 442 g/mol. The number of rotatable bonds is 8. The number of esters is 1. The van der Waals surface area contributed by atoms with Crippen molar-refractivity contribution in [2.75, 3.05) is 17.7 Å². The van der Waals surface area contributed by atoms with Gasteiger partial charge in [-0.05, 0) is 68.4 Å². The van der Waals surface area contributed by atoms with Gasteiger partial charge in [0.1, 0.15) is 6.26 Å². The van der Waals surface area contributed by atoms with Gasteiger partial charge in [-0.3, -0.25) is 9.59 Å². The van der Waals surface area contributed by atoms with E-state index in [9.17, 15) is 14.4 Å². The Morgan fingerprint density at radius 2 is 1.73 bits per heavy atom. The van der Waals surface area contributed by atoms with Crippen molar-refractivity contribution in [3.8, 4) is 0 Å². The average Bonchev–Trinajstić information content (AvgIpc) is 3.28. The number of hydrogen-bond acceptors (Lipinski definition) is 7. The quantitative estimate of drug-likeness (QED) is 0.448. The highest BCUT2D eigenvalue weighted by atomic mass is 32.2. The van der Waals surface area contributed by atoms with E-state index >= 15 is 0 Å². The highest BCUT2D eigenvalue weighted by Crippen LogP contribution is 2.55. The van der Waals surface area contributed by atoms with Gasteiger partial charge in [0.05, 0.1) is 11.3 Å². The van der Waals surface area contributed by atoms with Gasteiger partial charge in [-0.15, -0.1) is 11.8 Å². The summed E-state index contributed by atoms with van der Waals surface area (Å²) < 4.78 is 9.80. The normalized spacial score (nSPS) is 27.2. The van der Waals surface area contributed by atoms with Crippen LogP contribution in [0.25, 0.3) is 0 Å². The molecule has 1 heterocycles. The summed E-state index contributed by atoms with van der Waals surface area (Å²) in [4.78, 5) is 38.0. The predicted octanol–water partition coefficient (Wildman–Crippen LogP) is 3.65. The summed E-state index contributed by atoms with van der Waals surface area (Å²) in [6.45, 7) is -0.447. The molecule has 9 heteroatoms. The third-order valence-electron chi connectivity index (χ3n) is 6.95.